The molecule has 0 N–H and O–H groups in total. The van der Waals surface area contributed by atoms with Crippen LogP contribution < -0.4 is 9.47 Å². The molecule has 4 heterocycles. The van der Waals surface area contributed by atoms with Gasteiger partial charge in [0.25, 0.3) is 0 Å². The van der Waals surface area contributed by atoms with Crippen LogP contribution in [0.25, 0.3) is 72.5 Å². The van der Waals surface area contributed by atoms with Crippen molar-refractivity contribution in [3.63, 3.8) is 0 Å². The third-order valence-corrected chi connectivity index (χ3v) is 11.1. The van der Waals surface area contributed by atoms with Crippen LogP contribution in [0.3, 0.4) is 0 Å². The van der Waals surface area contributed by atoms with Gasteiger partial charge >= 0.3 is 40.8 Å². The standard InChI is InChI=1S/C56H41N5O2.2Pd/c1-36(2)48-32-52(59-34-50(48)38-14-7-5-8-15-38)40-18-11-20-42(28-40)62-44-22-24-46-47-25-23-45(31-55(47)61(54(46)30-44)56-57-26-13-27-58-56)63-43-21-12-19-41(29-43)53-33-49(37(3)4)51(35-60-53)39-16-9-6-10-17-39;;/h5-27,32-37H,1-4H3;;/q-4;2*+2. The molecule has 65 heavy (non-hydrogen) atoms. The summed E-state index contributed by atoms with van der Waals surface area (Å²) in [4.78, 5) is 19.0. The first-order valence-corrected chi connectivity index (χ1v) is 21.1. The van der Waals surface area contributed by atoms with Crippen molar-refractivity contribution in [1.82, 2.24) is 24.5 Å². The summed E-state index contributed by atoms with van der Waals surface area (Å²) in [5, 5.41) is 1.88. The summed E-state index contributed by atoms with van der Waals surface area (Å²) in [6, 6.07) is 60.4. The van der Waals surface area contributed by atoms with E-state index >= 15 is 0 Å². The fourth-order valence-corrected chi connectivity index (χ4v) is 8.01. The van der Waals surface area contributed by atoms with Crippen molar-refractivity contribution in [1.29, 1.82) is 0 Å². The molecule has 0 aliphatic rings. The molecule has 0 aliphatic heterocycles. The first-order chi connectivity index (χ1) is 30.9. The Hall–Kier alpha value is -6.58. The Morgan fingerprint density at radius 3 is 1.31 bits per heavy atom. The van der Waals surface area contributed by atoms with Crippen molar-refractivity contribution in [3.05, 3.63) is 200 Å². The number of fused-ring (bicyclic) bond motifs is 3. The maximum atomic E-state index is 6.47. The molecule has 0 bridgehead atoms. The summed E-state index contributed by atoms with van der Waals surface area (Å²) in [5.74, 6) is 3.20. The van der Waals surface area contributed by atoms with Gasteiger partial charge in [-0.05, 0) is 51.5 Å². The molecule has 0 saturated heterocycles. The van der Waals surface area contributed by atoms with E-state index in [2.05, 4.69) is 123 Å². The van der Waals surface area contributed by atoms with Gasteiger partial charge in [-0.15, -0.1) is 71.8 Å². The topological polar surface area (TPSA) is 75.0 Å². The zero-order valence-corrected chi connectivity index (χ0v) is 39.0. The number of pyridine rings is 2. The molecule has 4 aromatic heterocycles. The van der Waals surface area contributed by atoms with Gasteiger partial charge in [0.15, 0.2) is 0 Å². The predicted octanol–water partition coefficient (Wildman–Crippen LogP) is 14.1. The zero-order chi connectivity index (χ0) is 42.9. The number of benzene rings is 6. The largest absolute Gasteiger partial charge is 2.00 e. The molecule has 7 nitrogen and oxygen atoms in total. The molecule has 0 unspecified atom stereocenters. The fraction of sp³-hybridized carbons (Fsp3) is 0.107. The summed E-state index contributed by atoms with van der Waals surface area (Å²) in [7, 11) is 0. The number of hydrogen-bond donors (Lipinski definition) is 0. The fourth-order valence-electron chi connectivity index (χ4n) is 8.01. The van der Waals surface area contributed by atoms with Crippen molar-refractivity contribution in [3.8, 4) is 73.7 Å². The predicted molar refractivity (Wildman–Crippen MR) is 250 cm³/mol. The maximum Gasteiger partial charge on any atom is 2.00 e. The van der Waals surface area contributed by atoms with Crippen molar-refractivity contribution in [2.45, 2.75) is 39.5 Å². The second kappa shape index (κ2) is 19.7. The molecule has 10 aromatic rings. The van der Waals surface area contributed by atoms with Gasteiger partial charge in [-0.3, -0.25) is 0 Å². The van der Waals surface area contributed by atoms with Gasteiger partial charge in [0.05, 0.1) is 0 Å². The molecular weight excluding hydrogens is 987 g/mol. The molecule has 6 aromatic carbocycles. The summed E-state index contributed by atoms with van der Waals surface area (Å²) in [6.07, 6.45) is 7.36. The SMILES string of the molecule is CC(C)c1cc(-c2[c-]c(Oc3[c-]c4c(cc3)c3ccc(Oc5[c-]c(-c6cc(C(C)C)c(-c7ccccc7)cn6)ccc5)[c-]c3n4-c3ncccn3)ccc2)ncc1-c1ccccc1.[Pd+2].[Pd+2]. The first-order valence-electron chi connectivity index (χ1n) is 21.1. The molecule has 322 valence electrons. The van der Waals surface area contributed by atoms with Gasteiger partial charge in [0.1, 0.15) is 0 Å². The Morgan fingerprint density at radius 2 is 0.877 bits per heavy atom. The minimum Gasteiger partial charge on any atom is -0.503 e. The summed E-state index contributed by atoms with van der Waals surface area (Å²) in [5.41, 5.74) is 11.8. The van der Waals surface area contributed by atoms with Gasteiger partial charge in [0.2, 0.25) is 5.95 Å². The third kappa shape index (κ3) is 9.34. The second-order valence-electron chi connectivity index (χ2n) is 16.0. The number of rotatable bonds is 11. The Labute approximate surface area is 406 Å². The Kier molecular flexibility index (Phi) is 13.6. The van der Waals surface area contributed by atoms with Crippen LogP contribution >= 0.6 is 0 Å². The summed E-state index contributed by atoms with van der Waals surface area (Å²) in [6.45, 7) is 8.82. The quantitative estimate of drug-likeness (QED) is 0.0949. The molecule has 10 rings (SSSR count). The van der Waals surface area contributed by atoms with E-state index in [-0.39, 0.29) is 40.8 Å². The maximum absolute atomic E-state index is 6.47. The van der Waals surface area contributed by atoms with Crippen LogP contribution in [0.5, 0.6) is 23.0 Å². The number of aromatic nitrogens is 5. The molecule has 0 saturated carbocycles. The molecule has 9 heteroatoms. The van der Waals surface area contributed by atoms with Crippen molar-refractivity contribution < 1.29 is 50.3 Å². The molecular formula is C56H41N5O2Pd2. The second-order valence-corrected chi connectivity index (χ2v) is 16.0. The van der Waals surface area contributed by atoms with Crippen molar-refractivity contribution in [2.75, 3.05) is 0 Å². The van der Waals surface area contributed by atoms with E-state index in [1.54, 1.807) is 18.5 Å². The minimum absolute atomic E-state index is 0. The summed E-state index contributed by atoms with van der Waals surface area (Å²) < 4.78 is 14.9. The average Bonchev–Trinajstić information content (AvgIpc) is 3.64. The van der Waals surface area contributed by atoms with Crippen LogP contribution in [-0.4, -0.2) is 24.5 Å². The Morgan fingerprint density at radius 1 is 0.446 bits per heavy atom. The molecule has 0 amide bonds. The zero-order valence-electron chi connectivity index (χ0n) is 35.9. The van der Waals surface area contributed by atoms with Gasteiger partial charge in [0, 0.05) is 58.9 Å². The number of hydrogen-bond acceptors (Lipinski definition) is 6. The third-order valence-electron chi connectivity index (χ3n) is 11.1. The number of ether oxygens (including phenoxy) is 2. The molecule has 0 fully saturated rings. The van der Waals surface area contributed by atoms with Gasteiger partial charge in [-0.2, -0.15) is 22.9 Å². The van der Waals surface area contributed by atoms with E-state index < -0.39 is 0 Å². The molecule has 0 spiro atoms. The monoisotopic (exact) mass is 1030 g/mol. The number of nitrogens with zero attached hydrogens (tertiary/aromatic N) is 5. The van der Waals surface area contributed by atoms with Crippen LogP contribution in [0, 0.1) is 24.3 Å². The summed E-state index contributed by atoms with van der Waals surface area (Å²) >= 11 is 0. The smallest absolute Gasteiger partial charge is 0.503 e. The van der Waals surface area contributed by atoms with Gasteiger partial charge in [-0.25, -0.2) is 9.97 Å². The van der Waals surface area contributed by atoms with Crippen molar-refractivity contribution >= 4 is 21.8 Å². The van der Waals surface area contributed by atoms with Crippen LogP contribution in [0.4, 0.5) is 0 Å². The van der Waals surface area contributed by atoms with Crippen LogP contribution in [0.15, 0.2) is 164 Å². The molecule has 0 radical (unpaired) electrons. The van der Waals surface area contributed by atoms with E-state index in [4.69, 9.17) is 19.4 Å². The van der Waals surface area contributed by atoms with E-state index in [1.165, 1.54) is 11.1 Å². The van der Waals surface area contributed by atoms with Gasteiger partial charge in [-0.1, -0.05) is 124 Å². The van der Waals surface area contributed by atoms with Crippen LogP contribution in [-0.2, 0) is 40.8 Å². The van der Waals surface area contributed by atoms with Crippen LogP contribution in [0.2, 0.25) is 0 Å². The first kappa shape index (κ1) is 45.0. The minimum atomic E-state index is 0. The van der Waals surface area contributed by atoms with E-state index in [1.807, 2.05) is 89.8 Å². The Bertz CT molecular complexity index is 3050. The van der Waals surface area contributed by atoms with E-state index in [0.717, 1.165) is 66.6 Å². The molecule has 0 aliphatic carbocycles. The van der Waals surface area contributed by atoms with Crippen LogP contribution in [0.1, 0.15) is 50.7 Å². The molecule has 0 atom stereocenters. The average molecular weight is 1030 g/mol. The van der Waals surface area contributed by atoms with Gasteiger partial charge < -0.3 is 24.0 Å². The van der Waals surface area contributed by atoms with Crippen molar-refractivity contribution in [2.24, 2.45) is 0 Å². The Balaban J connectivity index is 0.00000288. The van der Waals surface area contributed by atoms with E-state index in [0.29, 0.717) is 40.8 Å². The normalized spacial score (nSPS) is 11.1. The van der Waals surface area contributed by atoms with E-state index in [9.17, 15) is 0 Å².